The Morgan fingerprint density at radius 2 is 1.36 bits per heavy atom. The zero-order valence-corrected chi connectivity index (χ0v) is 9.62. The third-order valence-corrected chi connectivity index (χ3v) is 8.05. The summed E-state index contributed by atoms with van der Waals surface area (Å²) in [6.45, 7) is 8.55. The topological polar surface area (TPSA) is 20.2 Å². The molecule has 0 radical (unpaired) electrons. The lowest BCUT2D eigenvalue weighted by Crippen LogP contribution is -3.00. The maximum atomic E-state index is 9.51. The van der Waals surface area contributed by atoms with Crippen LogP contribution in [0.5, 0.6) is 0 Å². The molecule has 11 heavy (non-hydrogen) atoms. The molecule has 0 aromatic rings. The molecule has 0 spiro atoms. The van der Waals surface area contributed by atoms with Crippen molar-refractivity contribution in [2.45, 2.75) is 33.5 Å². The van der Waals surface area contributed by atoms with Gasteiger partial charge in [-0.15, -0.1) is 0 Å². The first-order valence-electron chi connectivity index (χ1n) is 4.16. The van der Waals surface area contributed by atoms with Crippen LogP contribution >= 0.6 is 7.26 Å². The van der Waals surface area contributed by atoms with Crippen LogP contribution in [-0.2, 0) is 0 Å². The zero-order chi connectivity index (χ0) is 8.20. The van der Waals surface area contributed by atoms with E-state index >= 15 is 0 Å². The summed E-state index contributed by atoms with van der Waals surface area (Å²) in [7, 11) is -0.955. The average Bonchev–Trinajstić information content (AvgIpc) is 1.92. The minimum absolute atomic E-state index is 0. The molecule has 0 aromatic heterocycles. The average molecular weight is 199 g/mol. The highest BCUT2D eigenvalue weighted by atomic mass is 35.5. The molecule has 0 rings (SSSR count). The third kappa shape index (κ3) is 3.27. The highest BCUT2D eigenvalue weighted by Crippen LogP contribution is 2.60. The van der Waals surface area contributed by atoms with Crippen LogP contribution < -0.4 is 12.4 Å². The SMILES string of the molecule is CC[P+](CC)(CC)C(C)O.[Cl-]. The Hall–Kier alpha value is 0.680. The lowest BCUT2D eigenvalue weighted by molar-refractivity contribution is -0.00000373. The van der Waals surface area contributed by atoms with Crippen molar-refractivity contribution in [3.05, 3.63) is 0 Å². The molecule has 0 heterocycles. The monoisotopic (exact) mass is 198 g/mol. The molecule has 0 aromatic carbocycles. The predicted molar refractivity (Wildman–Crippen MR) is 50.2 cm³/mol. The van der Waals surface area contributed by atoms with Crippen molar-refractivity contribution in [2.24, 2.45) is 0 Å². The second-order valence-electron chi connectivity index (χ2n) is 2.80. The van der Waals surface area contributed by atoms with Gasteiger partial charge in [-0.3, -0.25) is 0 Å². The smallest absolute Gasteiger partial charge is 0.161 e. The van der Waals surface area contributed by atoms with Gasteiger partial charge >= 0.3 is 0 Å². The lowest BCUT2D eigenvalue weighted by Gasteiger charge is -2.25. The molecule has 0 fully saturated rings. The van der Waals surface area contributed by atoms with E-state index in [1.54, 1.807) is 0 Å². The van der Waals surface area contributed by atoms with Gasteiger partial charge in [-0.1, -0.05) is 0 Å². The fraction of sp³-hybridized carbons (Fsp3) is 1.00. The lowest BCUT2D eigenvalue weighted by atomic mass is 10.9. The van der Waals surface area contributed by atoms with E-state index in [9.17, 15) is 5.11 Å². The molecule has 0 saturated carbocycles. The maximum absolute atomic E-state index is 9.51. The van der Waals surface area contributed by atoms with Crippen LogP contribution in [0.3, 0.4) is 0 Å². The Labute approximate surface area is 77.3 Å². The quantitative estimate of drug-likeness (QED) is 0.599. The molecule has 0 amide bonds. The highest BCUT2D eigenvalue weighted by molar-refractivity contribution is 7.76. The molecule has 0 saturated heterocycles. The van der Waals surface area contributed by atoms with Crippen molar-refractivity contribution < 1.29 is 17.5 Å². The first kappa shape index (κ1) is 14.2. The minimum atomic E-state index is -0.955. The normalized spacial score (nSPS) is 13.9. The molecular weight excluding hydrogens is 179 g/mol. The number of rotatable bonds is 4. The first-order valence-corrected chi connectivity index (χ1v) is 6.58. The zero-order valence-electron chi connectivity index (χ0n) is 7.97. The fourth-order valence-corrected chi connectivity index (χ4v) is 4.39. The van der Waals surface area contributed by atoms with Crippen LogP contribution in [0, 0.1) is 0 Å². The molecule has 0 aliphatic carbocycles. The van der Waals surface area contributed by atoms with Gasteiger partial charge in [-0.05, 0) is 27.7 Å². The molecule has 1 unspecified atom stereocenters. The molecular formula is C8H20ClOP. The van der Waals surface area contributed by atoms with E-state index in [0.29, 0.717) is 0 Å². The van der Waals surface area contributed by atoms with Gasteiger partial charge in [0.15, 0.2) is 5.85 Å². The van der Waals surface area contributed by atoms with Gasteiger partial charge in [0.1, 0.15) is 0 Å². The van der Waals surface area contributed by atoms with Gasteiger partial charge in [0, 0.05) is 7.26 Å². The van der Waals surface area contributed by atoms with Crippen molar-refractivity contribution in [3.63, 3.8) is 0 Å². The van der Waals surface area contributed by atoms with Crippen molar-refractivity contribution >= 4 is 7.26 Å². The summed E-state index contributed by atoms with van der Waals surface area (Å²) in [6.07, 6.45) is 3.58. The van der Waals surface area contributed by atoms with Gasteiger partial charge in [0.25, 0.3) is 0 Å². The summed E-state index contributed by atoms with van der Waals surface area (Å²) in [5, 5.41) is 9.51. The highest BCUT2D eigenvalue weighted by Gasteiger charge is 2.36. The first-order chi connectivity index (χ1) is 4.63. The molecule has 3 heteroatoms. The van der Waals surface area contributed by atoms with Crippen molar-refractivity contribution in [1.82, 2.24) is 0 Å². The second-order valence-corrected chi connectivity index (χ2v) is 7.88. The van der Waals surface area contributed by atoms with Gasteiger partial charge in [0.2, 0.25) is 0 Å². The molecule has 1 nitrogen and oxygen atoms in total. The number of aliphatic hydroxyl groups excluding tert-OH is 1. The molecule has 0 bridgehead atoms. The summed E-state index contributed by atoms with van der Waals surface area (Å²) in [5.74, 6) is -0.0486. The van der Waals surface area contributed by atoms with E-state index in [4.69, 9.17) is 0 Å². The molecule has 1 N–H and O–H groups in total. The predicted octanol–water partition coefficient (Wildman–Crippen LogP) is -0.594. The van der Waals surface area contributed by atoms with Crippen LogP contribution in [0.1, 0.15) is 27.7 Å². The summed E-state index contributed by atoms with van der Waals surface area (Å²) < 4.78 is 0. The number of hydrogen-bond acceptors (Lipinski definition) is 1. The largest absolute Gasteiger partial charge is 1.00 e. The third-order valence-electron chi connectivity index (χ3n) is 2.68. The van der Waals surface area contributed by atoms with Gasteiger partial charge in [0.05, 0.1) is 18.5 Å². The minimum Gasteiger partial charge on any atom is -1.00 e. The van der Waals surface area contributed by atoms with Crippen LogP contribution in [0.4, 0.5) is 0 Å². The summed E-state index contributed by atoms with van der Waals surface area (Å²) in [6, 6.07) is 0. The summed E-state index contributed by atoms with van der Waals surface area (Å²) >= 11 is 0. The molecule has 70 valence electrons. The number of halogens is 1. The van der Waals surface area contributed by atoms with E-state index in [1.165, 1.54) is 18.5 Å². The number of hydrogen-bond donors (Lipinski definition) is 1. The Bertz CT molecular complexity index is 83.8. The summed E-state index contributed by atoms with van der Waals surface area (Å²) in [4.78, 5) is 0. The molecule has 1 atom stereocenters. The van der Waals surface area contributed by atoms with E-state index < -0.39 is 7.26 Å². The molecule has 0 aliphatic heterocycles. The van der Waals surface area contributed by atoms with Crippen LogP contribution in [0.15, 0.2) is 0 Å². The summed E-state index contributed by atoms with van der Waals surface area (Å²) in [5.41, 5.74) is 0. The number of aliphatic hydroxyl groups is 1. The fourth-order valence-electron chi connectivity index (χ4n) is 1.46. The Morgan fingerprint density at radius 1 is 1.09 bits per heavy atom. The van der Waals surface area contributed by atoms with Crippen LogP contribution in [-0.4, -0.2) is 29.4 Å². The van der Waals surface area contributed by atoms with E-state index in [-0.39, 0.29) is 18.3 Å². The van der Waals surface area contributed by atoms with Crippen molar-refractivity contribution in [1.29, 1.82) is 0 Å². The maximum Gasteiger partial charge on any atom is 0.161 e. The van der Waals surface area contributed by atoms with Crippen LogP contribution in [0.2, 0.25) is 0 Å². The van der Waals surface area contributed by atoms with E-state index in [0.717, 1.165) is 0 Å². The Balaban J connectivity index is 0. The van der Waals surface area contributed by atoms with Gasteiger partial charge < -0.3 is 17.5 Å². The van der Waals surface area contributed by atoms with E-state index in [2.05, 4.69) is 20.8 Å². The standard InChI is InChI=1S/C8H20OP.ClH/c1-5-10(6-2,7-3)8(4)9;/h8-9H,5-7H2,1-4H3;1H/q+1;/p-1. The second kappa shape index (κ2) is 6.22. The van der Waals surface area contributed by atoms with Gasteiger partial charge in [-0.2, -0.15) is 0 Å². The Kier molecular flexibility index (Phi) is 8.04. The van der Waals surface area contributed by atoms with Gasteiger partial charge in [-0.25, -0.2) is 0 Å². The van der Waals surface area contributed by atoms with E-state index in [1.807, 2.05) is 6.92 Å². The van der Waals surface area contributed by atoms with Crippen molar-refractivity contribution in [2.75, 3.05) is 18.5 Å². The van der Waals surface area contributed by atoms with Crippen LogP contribution in [0.25, 0.3) is 0 Å². The molecule has 0 aliphatic rings. The van der Waals surface area contributed by atoms with Crippen molar-refractivity contribution in [3.8, 4) is 0 Å². The Morgan fingerprint density at radius 3 is 1.36 bits per heavy atom.